The number of rotatable bonds is 22. The number of methoxy groups -OCH3 is 1. The highest BCUT2D eigenvalue weighted by atomic mass is 35.5. The Labute approximate surface area is 378 Å². The van der Waals surface area contributed by atoms with Gasteiger partial charge in [-0.25, -0.2) is 22.9 Å². The van der Waals surface area contributed by atoms with Crippen LogP contribution in [0.1, 0.15) is 61.5 Å². The van der Waals surface area contributed by atoms with Crippen LogP contribution in [-0.4, -0.2) is 106 Å². The molecule has 1 aliphatic rings. The van der Waals surface area contributed by atoms with Gasteiger partial charge in [0.25, 0.3) is 0 Å². The first-order chi connectivity index (χ1) is 30.2. The second-order valence-corrected chi connectivity index (χ2v) is 17.5. The molecule has 0 aromatic heterocycles. The van der Waals surface area contributed by atoms with E-state index < -0.39 is 72.6 Å². The number of anilines is 1. The first-order valence-corrected chi connectivity index (χ1v) is 22.0. The first kappa shape index (κ1) is 52.2. The predicted molar refractivity (Wildman–Crippen MR) is 227 cm³/mol. The van der Waals surface area contributed by atoms with Gasteiger partial charge in [-0.15, -0.1) is 0 Å². The van der Waals surface area contributed by atoms with E-state index in [1.807, 2.05) is 20.8 Å². The van der Waals surface area contributed by atoms with Crippen LogP contribution in [0.3, 0.4) is 0 Å². The summed E-state index contributed by atoms with van der Waals surface area (Å²) in [4.78, 5) is 56.8. The van der Waals surface area contributed by atoms with E-state index in [4.69, 9.17) is 66.1 Å². The molecule has 1 aliphatic heterocycles. The third-order valence-corrected chi connectivity index (χ3v) is 10.7. The zero-order valence-corrected chi connectivity index (χ0v) is 38.0. The van der Waals surface area contributed by atoms with Gasteiger partial charge in [0.2, 0.25) is 12.2 Å². The molecule has 0 aliphatic carbocycles. The van der Waals surface area contributed by atoms with Crippen LogP contribution < -0.4 is 15.4 Å². The van der Waals surface area contributed by atoms with E-state index in [1.54, 1.807) is 0 Å². The van der Waals surface area contributed by atoms with Gasteiger partial charge in [0.1, 0.15) is 29.4 Å². The fraction of sp³-hybridized carbons (Fsp3) is 0.476. The molecule has 1 saturated heterocycles. The standard InChI is InChI=1S/C42H50Cl2F2N3O14P/c1-25(63-40(52)60-19-17-58-15-13-57-14-16-59-18-20-61-64(53,54)55)62-39(51)26-9-12-32(33(21-26)56-5)48-38(50)37-35(28-7-6-8-30(44)36(28)46)42(24-47,34(49-37)23-41(2,3)4)29-11-10-27(43)22-31(29)45/h6-12,21-22,25,34-35,37,49H,13-20,23H2,1-5H3,(H,48,50)(H2,53,54,55)/t25?,34-,35-,37+,42-/m0/s1. The lowest BCUT2D eigenvalue weighted by atomic mass is 9.62. The van der Waals surface area contributed by atoms with E-state index in [2.05, 4.69) is 21.2 Å². The minimum Gasteiger partial charge on any atom is -0.495 e. The Balaban J connectivity index is 1.38. The lowest BCUT2D eigenvalue weighted by Crippen LogP contribution is -2.45. The maximum Gasteiger partial charge on any atom is 0.511 e. The number of nitrogens with one attached hydrogen (secondary N) is 2. The summed E-state index contributed by atoms with van der Waals surface area (Å²) in [7, 11) is -3.25. The van der Waals surface area contributed by atoms with E-state index >= 15 is 8.78 Å². The Morgan fingerprint density at radius 1 is 0.938 bits per heavy atom. The van der Waals surface area contributed by atoms with Crippen molar-refractivity contribution in [3.8, 4) is 11.8 Å². The lowest BCUT2D eigenvalue weighted by molar-refractivity contribution is -0.118. The van der Waals surface area contributed by atoms with Crippen molar-refractivity contribution in [1.29, 1.82) is 5.26 Å². The van der Waals surface area contributed by atoms with Crippen LogP contribution in [0.15, 0.2) is 54.6 Å². The number of carbonyl (C=O) groups excluding carboxylic acids is 3. The fourth-order valence-corrected chi connectivity index (χ4v) is 7.70. The minimum absolute atomic E-state index is 0.00190. The van der Waals surface area contributed by atoms with Crippen molar-refractivity contribution in [2.75, 3.05) is 65.3 Å². The molecule has 1 amide bonds. The van der Waals surface area contributed by atoms with Gasteiger partial charge in [0.05, 0.1) is 81.7 Å². The van der Waals surface area contributed by atoms with Gasteiger partial charge in [-0.2, -0.15) is 5.26 Å². The van der Waals surface area contributed by atoms with Crippen molar-refractivity contribution < 1.29 is 75.2 Å². The highest BCUT2D eigenvalue weighted by Gasteiger charge is 2.61. The number of amides is 1. The maximum absolute atomic E-state index is 16.1. The molecule has 4 N–H and O–H groups in total. The Bertz CT molecular complexity index is 2190. The number of benzene rings is 3. The van der Waals surface area contributed by atoms with Crippen LogP contribution in [0.5, 0.6) is 5.75 Å². The van der Waals surface area contributed by atoms with Gasteiger partial charge in [-0.05, 0) is 53.8 Å². The average Bonchev–Trinajstić information content (AvgIpc) is 3.52. The Morgan fingerprint density at radius 3 is 2.17 bits per heavy atom. The van der Waals surface area contributed by atoms with Gasteiger partial charge in [-0.1, -0.05) is 62.2 Å². The Hall–Kier alpha value is -4.45. The Kier molecular flexibility index (Phi) is 19.3. The number of carbonyl (C=O) groups is 3. The largest absolute Gasteiger partial charge is 0.511 e. The monoisotopic (exact) mass is 959 g/mol. The normalized spacial score (nSPS) is 19.1. The van der Waals surface area contributed by atoms with E-state index in [1.165, 1.54) is 62.6 Å². The SMILES string of the molecule is COc1cc(C(=O)OC(C)OC(=O)OCCOCCOCCOCCOP(=O)(O)O)ccc1NC(=O)[C@@H]1N[C@@H](CC(C)(C)C)[C@](C#N)(c2ccc(Cl)cc2F)[C@H]1c1cccc(Cl)c1F. The molecule has 0 saturated carbocycles. The highest BCUT2D eigenvalue weighted by Crippen LogP contribution is 2.53. The zero-order chi connectivity index (χ0) is 47.2. The molecule has 22 heteroatoms. The van der Waals surface area contributed by atoms with E-state index in [-0.39, 0.29) is 97.4 Å². The van der Waals surface area contributed by atoms with Crippen molar-refractivity contribution in [1.82, 2.24) is 5.32 Å². The van der Waals surface area contributed by atoms with Gasteiger partial charge in [-0.3, -0.25) is 9.32 Å². The summed E-state index contributed by atoms with van der Waals surface area (Å²) in [5.74, 6) is -4.69. The molecule has 3 aromatic rings. The summed E-state index contributed by atoms with van der Waals surface area (Å²) in [6.45, 7) is 7.24. The van der Waals surface area contributed by atoms with Crippen molar-refractivity contribution >= 4 is 54.7 Å². The quantitative estimate of drug-likeness (QED) is 0.0342. The second-order valence-electron chi connectivity index (χ2n) is 15.4. The maximum atomic E-state index is 16.1. The highest BCUT2D eigenvalue weighted by molar-refractivity contribution is 7.46. The third-order valence-electron chi connectivity index (χ3n) is 9.64. The van der Waals surface area contributed by atoms with Gasteiger partial charge in [0.15, 0.2) is 0 Å². The molecule has 64 heavy (non-hydrogen) atoms. The van der Waals surface area contributed by atoms with E-state index in [0.29, 0.717) is 0 Å². The number of halogens is 4. The van der Waals surface area contributed by atoms with Crippen molar-refractivity contribution in [3.05, 3.63) is 93.0 Å². The molecule has 1 unspecified atom stereocenters. The summed E-state index contributed by atoms with van der Waals surface area (Å²) in [6, 6.07) is 12.0. The minimum atomic E-state index is -4.54. The van der Waals surface area contributed by atoms with Crippen molar-refractivity contribution in [2.24, 2.45) is 5.41 Å². The average molecular weight is 961 g/mol. The Morgan fingerprint density at radius 2 is 1.58 bits per heavy atom. The number of esters is 1. The summed E-state index contributed by atoms with van der Waals surface area (Å²) < 4.78 is 83.2. The van der Waals surface area contributed by atoms with Crippen LogP contribution in [0.4, 0.5) is 19.3 Å². The number of phosphoric ester groups is 1. The van der Waals surface area contributed by atoms with Crippen molar-refractivity contribution in [2.45, 2.75) is 63.8 Å². The number of nitriles is 1. The number of hydrogen-bond acceptors (Lipinski definition) is 14. The molecule has 17 nitrogen and oxygen atoms in total. The molecule has 5 atom stereocenters. The number of phosphoric acid groups is 1. The molecule has 4 rings (SSSR count). The topological polar surface area (TPSA) is 230 Å². The number of ether oxygens (including phenoxy) is 7. The van der Waals surface area contributed by atoms with Crippen LogP contribution >= 0.6 is 31.0 Å². The van der Waals surface area contributed by atoms with Gasteiger partial charge < -0.3 is 53.6 Å². The van der Waals surface area contributed by atoms with Crippen molar-refractivity contribution in [3.63, 3.8) is 0 Å². The smallest absolute Gasteiger partial charge is 0.495 e. The van der Waals surface area contributed by atoms with E-state index in [0.717, 1.165) is 6.07 Å². The summed E-state index contributed by atoms with van der Waals surface area (Å²) in [6.07, 6.45) is -2.28. The fourth-order valence-electron chi connectivity index (χ4n) is 7.04. The van der Waals surface area contributed by atoms with Crippen LogP contribution in [0, 0.1) is 28.4 Å². The molecule has 0 spiro atoms. The van der Waals surface area contributed by atoms with Crippen LogP contribution in [-0.2, 0) is 47.7 Å². The number of hydrogen-bond donors (Lipinski definition) is 4. The predicted octanol–water partition coefficient (Wildman–Crippen LogP) is 7.06. The van der Waals surface area contributed by atoms with Crippen LogP contribution in [0.2, 0.25) is 10.0 Å². The molecule has 350 valence electrons. The van der Waals surface area contributed by atoms with Crippen LogP contribution in [0.25, 0.3) is 0 Å². The first-order valence-electron chi connectivity index (χ1n) is 19.7. The van der Waals surface area contributed by atoms with Gasteiger partial charge in [0, 0.05) is 29.5 Å². The molecule has 1 heterocycles. The molecule has 1 fully saturated rings. The summed E-state index contributed by atoms with van der Waals surface area (Å²) in [5.41, 5.74) is -2.49. The lowest BCUT2D eigenvalue weighted by Gasteiger charge is -2.37. The molecular formula is C42H50Cl2F2N3O14P. The molecule has 0 bridgehead atoms. The zero-order valence-electron chi connectivity index (χ0n) is 35.6. The molecule has 3 aromatic carbocycles. The van der Waals surface area contributed by atoms with Gasteiger partial charge >= 0.3 is 19.9 Å². The molecular weight excluding hydrogens is 910 g/mol. The van der Waals surface area contributed by atoms with E-state index in [9.17, 15) is 24.2 Å². The third kappa shape index (κ3) is 14.5. The number of nitrogens with zero attached hydrogens (tertiary/aromatic N) is 1. The summed E-state index contributed by atoms with van der Waals surface area (Å²) >= 11 is 12.4. The molecule has 0 radical (unpaired) electrons. The second kappa shape index (κ2) is 23.7. The summed E-state index contributed by atoms with van der Waals surface area (Å²) in [5, 5.41) is 16.9.